The Morgan fingerprint density at radius 3 is 2.94 bits per heavy atom. The molecule has 0 spiro atoms. The van der Waals surface area contributed by atoms with E-state index in [0.717, 1.165) is 34.3 Å². The fraction of sp³-hybridized carbons (Fsp3) is 0.500. The van der Waals surface area contributed by atoms with Crippen LogP contribution >= 0.6 is 11.3 Å². The van der Waals surface area contributed by atoms with Crippen molar-refractivity contribution in [3.05, 3.63) is 23.1 Å². The summed E-state index contributed by atoms with van der Waals surface area (Å²) in [6.07, 6.45) is 2.85. The van der Waals surface area contributed by atoms with Gasteiger partial charge >= 0.3 is 0 Å². The second-order valence-electron chi connectivity index (χ2n) is 4.07. The summed E-state index contributed by atoms with van der Waals surface area (Å²) in [5.41, 5.74) is 1.01. The number of nitrogens with zero attached hydrogens (tertiary/aromatic N) is 2. The van der Waals surface area contributed by atoms with Gasteiger partial charge in [-0.25, -0.2) is 0 Å². The van der Waals surface area contributed by atoms with Gasteiger partial charge in [-0.1, -0.05) is 18.3 Å². The van der Waals surface area contributed by atoms with E-state index < -0.39 is 0 Å². The molecule has 2 aromatic rings. The Morgan fingerprint density at radius 2 is 2.29 bits per heavy atom. The van der Waals surface area contributed by atoms with Gasteiger partial charge in [0.1, 0.15) is 17.0 Å². The predicted octanol–water partition coefficient (Wildman–Crippen LogP) is 3.17. The molecule has 0 saturated heterocycles. The normalized spacial score (nSPS) is 12.9. The van der Waals surface area contributed by atoms with Gasteiger partial charge in [-0.15, -0.1) is 10.2 Å². The van der Waals surface area contributed by atoms with Gasteiger partial charge in [0.15, 0.2) is 5.01 Å². The first kappa shape index (κ1) is 12.3. The van der Waals surface area contributed by atoms with Crippen molar-refractivity contribution < 1.29 is 4.42 Å². The highest BCUT2D eigenvalue weighted by Crippen LogP contribution is 2.27. The Bertz CT molecular complexity index is 478. The van der Waals surface area contributed by atoms with Crippen molar-refractivity contribution in [1.82, 2.24) is 15.5 Å². The molecule has 2 aromatic heterocycles. The third-order valence-corrected chi connectivity index (χ3v) is 3.64. The largest absolute Gasteiger partial charge is 0.469 e. The Hall–Kier alpha value is -1.20. The van der Waals surface area contributed by atoms with Gasteiger partial charge in [-0.2, -0.15) is 0 Å². The summed E-state index contributed by atoms with van der Waals surface area (Å²) in [5.74, 6) is 0.897. The molecule has 92 valence electrons. The molecule has 0 aliphatic rings. The van der Waals surface area contributed by atoms with Gasteiger partial charge in [-0.05, 0) is 32.9 Å². The summed E-state index contributed by atoms with van der Waals surface area (Å²) in [6.45, 7) is 7.19. The fourth-order valence-electron chi connectivity index (χ4n) is 1.53. The molecular formula is C12H17N3OS. The van der Waals surface area contributed by atoms with Crippen LogP contribution in [0.15, 0.2) is 16.7 Å². The minimum absolute atomic E-state index is 0.259. The molecule has 0 amide bonds. The van der Waals surface area contributed by atoms with Gasteiger partial charge in [-0.3, -0.25) is 0 Å². The minimum atomic E-state index is 0.259. The fourth-order valence-corrected chi connectivity index (χ4v) is 2.38. The number of aromatic nitrogens is 2. The Morgan fingerprint density at radius 1 is 1.47 bits per heavy atom. The van der Waals surface area contributed by atoms with Gasteiger partial charge in [0.2, 0.25) is 0 Å². The molecule has 1 atom stereocenters. The quantitative estimate of drug-likeness (QED) is 0.886. The lowest BCUT2D eigenvalue weighted by molar-refractivity contribution is 0.535. The first-order valence-corrected chi connectivity index (χ1v) is 6.64. The molecule has 0 bridgehead atoms. The van der Waals surface area contributed by atoms with Crippen LogP contribution in [0.2, 0.25) is 0 Å². The van der Waals surface area contributed by atoms with Gasteiger partial charge < -0.3 is 9.73 Å². The Kier molecular flexibility index (Phi) is 3.91. The van der Waals surface area contributed by atoms with Crippen molar-refractivity contribution in [2.45, 2.75) is 33.2 Å². The average molecular weight is 251 g/mol. The zero-order valence-electron chi connectivity index (χ0n) is 10.4. The van der Waals surface area contributed by atoms with E-state index in [2.05, 4.69) is 29.4 Å². The first-order chi connectivity index (χ1) is 8.20. The third kappa shape index (κ3) is 2.92. The molecule has 4 nitrogen and oxygen atoms in total. The van der Waals surface area contributed by atoms with E-state index in [-0.39, 0.29) is 6.04 Å². The lowest BCUT2D eigenvalue weighted by Crippen LogP contribution is -2.18. The van der Waals surface area contributed by atoms with E-state index in [1.807, 2.05) is 13.0 Å². The van der Waals surface area contributed by atoms with Crippen molar-refractivity contribution >= 4 is 11.3 Å². The van der Waals surface area contributed by atoms with E-state index >= 15 is 0 Å². The van der Waals surface area contributed by atoms with Gasteiger partial charge in [0.05, 0.1) is 11.6 Å². The molecule has 5 heteroatoms. The molecule has 0 saturated carbocycles. The van der Waals surface area contributed by atoms with E-state index in [1.165, 1.54) is 0 Å². The molecule has 2 rings (SSSR count). The Labute approximate surface area is 105 Å². The van der Waals surface area contributed by atoms with Crippen LogP contribution < -0.4 is 5.32 Å². The van der Waals surface area contributed by atoms with E-state index in [9.17, 15) is 0 Å². The number of hydrogen-bond acceptors (Lipinski definition) is 5. The van der Waals surface area contributed by atoms with Crippen LogP contribution in [0.1, 0.15) is 37.1 Å². The third-order valence-electron chi connectivity index (χ3n) is 2.49. The van der Waals surface area contributed by atoms with Crippen LogP contribution in [0.25, 0.3) is 10.6 Å². The van der Waals surface area contributed by atoms with Crippen LogP contribution in [0.5, 0.6) is 0 Å². The van der Waals surface area contributed by atoms with Crippen LogP contribution in [0, 0.1) is 6.92 Å². The summed E-state index contributed by atoms with van der Waals surface area (Å²) in [7, 11) is 0. The summed E-state index contributed by atoms with van der Waals surface area (Å²) in [5, 5.41) is 13.8. The van der Waals surface area contributed by atoms with Crippen LogP contribution in [0.3, 0.4) is 0 Å². The zero-order valence-corrected chi connectivity index (χ0v) is 11.2. The summed E-state index contributed by atoms with van der Waals surface area (Å²) in [6, 6.07) is 2.24. The molecule has 0 fully saturated rings. The van der Waals surface area contributed by atoms with Crippen molar-refractivity contribution in [2.24, 2.45) is 0 Å². The number of hydrogen-bond donors (Lipinski definition) is 1. The lowest BCUT2D eigenvalue weighted by atomic mass is 10.3. The van der Waals surface area contributed by atoms with Crippen molar-refractivity contribution in [3.63, 3.8) is 0 Å². The highest BCUT2D eigenvalue weighted by molar-refractivity contribution is 7.14. The minimum Gasteiger partial charge on any atom is -0.469 e. The highest BCUT2D eigenvalue weighted by Gasteiger charge is 2.13. The van der Waals surface area contributed by atoms with E-state index in [0.29, 0.717) is 0 Å². The summed E-state index contributed by atoms with van der Waals surface area (Å²) >= 11 is 1.61. The van der Waals surface area contributed by atoms with Gasteiger partial charge in [0, 0.05) is 0 Å². The summed E-state index contributed by atoms with van der Waals surface area (Å²) in [4.78, 5) is 0. The maximum atomic E-state index is 5.28. The smallest absolute Gasteiger partial charge is 0.151 e. The highest BCUT2D eigenvalue weighted by atomic mass is 32.1. The lowest BCUT2D eigenvalue weighted by Gasteiger charge is -2.08. The molecule has 17 heavy (non-hydrogen) atoms. The molecule has 0 aromatic carbocycles. The Balaban J connectivity index is 2.10. The maximum Gasteiger partial charge on any atom is 0.151 e. The van der Waals surface area contributed by atoms with E-state index in [1.54, 1.807) is 17.6 Å². The van der Waals surface area contributed by atoms with E-state index in [4.69, 9.17) is 4.42 Å². The van der Waals surface area contributed by atoms with Crippen LogP contribution in [-0.4, -0.2) is 16.7 Å². The SMILES string of the molecule is CCCNC(C)c1nnc(-c2coc(C)c2)s1. The van der Waals surface area contributed by atoms with Crippen LogP contribution in [0.4, 0.5) is 0 Å². The average Bonchev–Trinajstić information content (AvgIpc) is 2.93. The molecule has 1 unspecified atom stereocenters. The standard InChI is InChI=1S/C12H17N3OS/c1-4-5-13-9(3)11-14-15-12(17-11)10-6-8(2)16-7-10/h6-7,9,13H,4-5H2,1-3H3. The van der Waals surface area contributed by atoms with Crippen molar-refractivity contribution in [3.8, 4) is 10.6 Å². The van der Waals surface area contributed by atoms with Gasteiger partial charge in [0.25, 0.3) is 0 Å². The predicted molar refractivity (Wildman–Crippen MR) is 69.1 cm³/mol. The second-order valence-corrected chi connectivity index (χ2v) is 5.08. The number of nitrogens with one attached hydrogen (secondary N) is 1. The first-order valence-electron chi connectivity index (χ1n) is 5.83. The molecule has 0 radical (unpaired) electrons. The molecule has 0 aliphatic carbocycles. The number of furan rings is 1. The maximum absolute atomic E-state index is 5.28. The zero-order chi connectivity index (χ0) is 12.3. The number of rotatable bonds is 5. The number of aryl methyl sites for hydroxylation is 1. The topological polar surface area (TPSA) is 51.0 Å². The molecule has 1 N–H and O–H groups in total. The monoisotopic (exact) mass is 251 g/mol. The molecule has 2 heterocycles. The second kappa shape index (κ2) is 5.42. The van der Waals surface area contributed by atoms with Crippen molar-refractivity contribution in [1.29, 1.82) is 0 Å². The van der Waals surface area contributed by atoms with Crippen LogP contribution in [-0.2, 0) is 0 Å². The molecular weight excluding hydrogens is 234 g/mol. The molecule has 0 aliphatic heterocycles. The summed E-state index contributed by atoms with van der Waals surface area (Å²) < 4.78 is 5.28. The van der Waals surface area contributed by atoms with Crippen molar-refractivity contribution in [2.75, 3.05) is 6.54 Å².